The SMILES string of the molecule is CCCOCCNC(C)c1ccc(C)s1. The van der Waals surface area contributed by atoms with Gasteiger partial charge in [-0.1, -0.05) is 6.92 Å². The van der Waals surface area contributed by atoms with E-state index in [0.29, 0.717) is 6.04 Å². The van der Waals surface area contributed by atoms with Gasteiger partial charge < -0.3 is 10.1 Å². The summed E-state index contributed by atoms with van der Waals surface area (Å²) in [5, 5.41) is 3.46. The van der Waals surface area contributed by atoms with Crippen LogP contribution in [0, 0.1) is 6.92 Å². The van der Waals surface area contributed by atoms with Crippen LogP contribution in [0.25, 0.3) is 0 Å². The van der Waals surface area contributed by atoms with Crippen LogP contribution in [0.2, 0.25) is 0 Å². The molecule has 1 aromatic rings. The molecule has 0 aromatic carbocycles. The second kappa shape index (κ2) is 6.99. The maximum atomic E-state index is 5.42. The zero-order valence-corrected chi connectivity index (χ0v) is 10.7. The van der Waals surface area contributed by atoms with E-state index in [9.17, 15) is 0 Å². The molecular formula is C12H21NOS. The molecule has 15 heavy (non-hydrogen) atoms. The van der Waals surface area contributed by atoms with E-state index in [-0.39, 0.29) is 0 Å². The highest BCUT2D eigenvalue weighted by Crippen LogP contribution is 2.21. The average molecular weight is 227 g/mol. The number of hydrogen-bond acceptors (Lipinski definition) is 3. The first-order valence-corrected chi connectivity index (χ1v) is 6.43. The quantitative estimate of drug-likeness (QED) is 0.723. The molecule has 1 atom stereocenters. The lowest BCUT2D eigenvalue weighted by Gasteiger charge is -2.11. The lowest BCUT2D eigenvalue weighted by Crippen LogP contribution is -2.22. The van der Waals surface area contributed by atoms with Crippen LogP contribution in [0.4, 0.5) is 0 Å². The topological polar surface area (TPSA) is 21.3 Å². The van der Waals surface area contributed by atoms with Crippen molar-refractivity contribution in [1.82, 2.24) is 5.32 Å². The molecule has 1 unspecified atom stereocenters. The lowest BCUT2D eigenvalue weighted by atomic mass is 10.3. The predicted octanol–water partition coefficient (Wildman–Crippen LogP) is 3.13. The highest BCUT2D eigenvalue weighted by molar-refractivity contribution is 7.12. The Morgan fingerprint density at radius 2 is 2.20 bits per heavy atom. The summed E-state index contributed by atoms with van der Waals surface area (Å²) in [7, 11) is 0. The van der Waals surface area contributed by atoms with Crippen LogP contribution in [-0.4, -0.2) is 19.8 Å². The van der Waals surface area contributed by atoms with Crippen LogP contribution in [0.1, 0.15) is 36.1 Å². The molecule has 0 aliphatic carbocycles. The Bertz CT molecular complexity index is 272. The molecule has 1 aromatic heterocycles. The summed E-state index contributed by atoms with van der Waals surface area (Å²) in [6.45, 7) is 9.08. The summed E-state index contributed by atoms with van der Waals surface area (Å²) in [6.07, 6.45) is 1.10. The summed E-state index contributed by atoms with van der Waals surface area (Å²) in [6, 6.07) is 4.81. The Morgan fingerprint density at radius 3 is 2.80 bits per heavy atom. The molecule has 2 nitrogen and oxygen atoms in total. The van der Waals surface area contributed by atoms with Gasteiger partial charge in [-0.15, -0.1) is 11.3 Å². The molecule has 1 heterocycles. The third-order valence-electron chi connectivity index (χ3n) is 2.23. The summed E-state index contributed by atoms with van der Waals surface area (Å²) in [5.74, 6) is 0. The smallest absolute Gasteiger partial charge is 0.0591 e. The lowest BCUT2D eigenvalue weighted by molar-refractivity contribution is 0.135. The minimum Gasteiger partial charge on any atom is -0.380 e. The Hall–Kier alpha value is -0.380. The first-order valence-electron chi connectivity index (χ1n) is 5.61. The normalized spacial score (nSPS) is 13.0. The molecule has 0 spiro atoms. The van der Waals surface area contributed by atoms with Crippen molar-refractivity contribution in [2.75, 3.05) is 19.8 Å². The van der Waals surface area contributed by atoms with Gasteiger partial charge >= 0.3 is 0 Å². The van der Waals surface area contributed by atoms with Crippen molar-refractivity contribution in [3.63, 3.8) is 0 Å². The van der Waals surface area contributed by atoms with Gasteiger partial charge in [-0.3, -0.25) is 0 Å². The summed E-state index contributed by atoms with van der Waals surface area (Å²) in [4.78, 5) is 2.78. The van der Waals surface area contributed by atoms with Gasteiger partial charge in [-0.05, 0) is 32.4 Å². The molecule has 1 rings (SSSR count). The van der Waals surface area contributed by atoms with Crippen LogP contribution < -0.4 is 5.32 Å². The predicted molar refractivity (Wildman–Crippen MR) is 66.6 cm³/mol. The molecule has 0 fully saturated rings. The van der Waals surface area contributed by atoms with Crippen molar-refractivity contribution in [1.29, 1.82) is 0 Å². The maximum absolute atomic E-state index is 5.42. The van der Waals surface area contributed by atoms with Crippen molar-refractivity contribution in [3.05, 3.63) is 21.9 Å². The number of rotatable bonds is 7. The van der Waals surface area contributed by atoms with Crippen LogP contribution >= 0.6 is 11.3 Å². The molecule has 0 saturated carbocycles. The number of aryl methyl sites for hydroxylation is 1. The van der Waals surface area contributed by atoms with Crippen molar-refractivity contribution in [3.8, 4) is 0 Å². The molecule has 0 radical (unpaired) electrons. The standard InChI is InChI=1S/C12H21NOS/c1-4-8-14-9-7-13-11(3)12-6-5-10(2)15-12/h5-6,11,13H,4,7-9H2,1-3H3. The third-order valence-corrected chi connectivity index (χ3v) is 3.42. The fourth-order valence-electron chi connectivity index (χ4n) is 1.38. The maximum Gasteiger partial charge on any atom is 0.0591 e. The van der Waals surface area contributed by atoms with Gasteiger partial charge in [0.15, 0.2) is 0 Å². The molecule has 0 bridgehead atoms. The minimum absolute atomic E-state index is 0.439. The second-order valence-electron chi connectivity index (χ2n) is 3.74. The highest BCUT2D eigenvalue weighted by atomic mass is 32.1. The van der Waals surface area contributed by atoms with E-state index < -0.39 is 0 Å². The summed E-state index contributed by atoms with van der Waals surface area (Å²) in [5.41, 5.74) is 0. The van der Waals surface area contributed by atoms with Gasteiger partial charge in [0.2, 0.25) is 0 Å². The van der Waals surface area contributed by atoms with Crippen molar-refractivity contribution in [2.45, 2.75) is 33.2 Å². The van der Waals surface area contributed by atoms with Crippen LogP contribution in [0.5, 0.6) is 0 Å². The molecule has 0 aliphatic heterocycles. The van der Waals surface area contributed by atoms with E-state index >= 15 is 0 Å². The van der Waals surface area contributed by atoms with E-state index in [1.807, 2.05) is 11.3 Å². The molecule has 3 heteroatoms. The van der Waals surface area contributed by atoms with Crippen LogP contribution in [0.3, 0.4) is 0 Å². The first-order chi connectivity index (χ1) is 7.24. The minimum atomic E-state index is 0.439. The Morgan fingerprint density at radius 1 is 1.40 bits per heavy atom. The Kier molecular flexibility index (Phi) is 5.91. The van der Waals surface area contributed by atoms with Gasteiger partial charge in [-0.2, -0.15) is 0 Å². The zero-order chi connectivity index (χ0) is 11.1. The summed E-state index contributed by atoms with van der Waals surface area (Å²) >= 11 is 1.86. The monoisotopic (exact) mass is 227 g/mol. The van der Waals surface area contributed by atoms with Crippen LogP contribution in [-0.2, 0) is 4.74 Å². The fourth-order valence-corrected chi connectivity index (χ4v) is 2.28. The molecule has 0 saturated heterocycles. The van der Waals surface area contributed by atoms with E-state index in [2.05, 4.69) is 38.2 Å². The largest absolute Gasteiger partial charge is 0.380 e. The van der Waals surface area contributed by atoms with Crippen LogP contribution in [0.15, 0.2) is 12.1 Å². The first kappa shape index (κ1) is 12.7. The number of thiophene rings is 1. The van der Waals surface area contributed by atoms with Crippen molar-refractivity contribution < 1.29 is 4.74 Å². The third kappa shape index (κ3) is 4.78. The zero-order valence-electron chi connectivity index (χ0n) is 9.88. The molecule has 0 amide bonds. The van der Waals surface area contributed by atoms with Gasteiger partial charge in [0.1, 0.15) is 0 Å². The molecule has 86 valence electrons. The van der Waals surface area contributed by atoms with Crippen molar-refractivity contribution in [2.24, 2.45) is 0 Å². The van der Waals surface area contributed by atoms with Gasteiger partial charge in [-0.25, -0.2) is 0 Å². The Balaban J connectivity index is 2.16. The molecule has 1 N–H and O–H groups in total. The Labute approximate surface area is 96.7 Å². The molecule has 0 aliphatic rings. The molecular weight excluding hydrogens is 206 g/mol. The van der Waals surface area contributed by atoms with E-state index in [1.54, 1.807) is 0 Å². The van der Waals surface area contributed by atoms with Crippen molar-refractivity contribution >= 4 is 11.3 Å². The van der Waals surface area contributed by atoms with E-state index in [1.165, 1.54) is 9.75 Å². The van der Waals surface area contributed by atoms with Gasteiger partial charge in [0, 0.05) is 28.9 Å². The highest BCUT2D eigenvalue weighted by Gasteiger charge is 2.05. The summed E-state index contributed by atoms with van der Waals surface area (Å²) < 4.78 is 5.42. The number of nitrogens with one attached hydrogen (secondary N) is 1. The number of ether oxygens (including phenoxy) is 1. The van der Waals surface area contributed by atoms with Gasteiger partial charge in [0.05, 0.1) is 6.61 Å². The number of hydrogen-bond donors (Lipinski definition) is 1. The fraction of sp³-hybridized carbons (Fsp3) is 0.667. The average Bonchev–Trinajstić information content (AvgIpc) is 2.64. The van der Waals surface area contributed by atoms with E-state index in [4.69, 9.17) is 4.74 Å². The second-order valence-corrected chi connectivity index (χ2v) is 5.06. The van der Waals surface area contributed by atoms with Gasteiger partial charge in [0.25, 0.3) is 0 Å². The van der Waals surface area contributed by atoms with E-state index in [0.717, 1.165) is 26.2 Å².